The van der Waals surface area contributed by atoms with Crippen LogP contribution in [0.3, 0.4) is 0 Å². The van der Waals surface area contributed by atoms with Gasteiger partial charge in [-0.3, -0.25) is 0 Å². The van der Waals surface area contributed by atoms with Crippen LogP contribution in [0, 0.1) is 17.8 Å². The third kappa shape index (κ3) is 4.42. The highest BCUT2D eigenvalue weighted by Crippen LogP contribution is 2.23. The minimum absolute atomic E-state index is 0.857. The van der Waals surface area contributed by atoms with Gasteiger partial charge in [0.25, 0.3) is 0 Å². The van der Waals surface area contributed by atoms with E-state index >= 15 is 0 Å². The van der Waals surface area contributed by atoms with Gasteiger partial charge in [-0.05, 0) is 50.1 Å². The summed E-state index contributed by atoms with van der Waals surface area (Å²) in [6, 6.07) is 0. The van der Waals surface area contributed by atoms with Crippen LogP contribution in [0.5, 0.6) is 0 Å². The Kier molecular flexibility index (Phi) is 6.37. The first-order valence-electron chi connectivity index (χ1n) is 7.09. The lowest BCUT2D eigenvalue weighted by Crippen LogP contribution is -2.22. The Bertz CT molecular complexity index is 172. The molecule has 1 heterocycles. The Labute approximate surface area is 102 Å². The lowest BCUT2D eigenvalue weighted by Gasteiger charge is -2.18. The van der Waals surface area contributed by atoms with E-state index in [2.05, 4.69) is 25.7 Å². The van der Waals surface area contributed by atoms with Crippen LogP contribution in [-0.2, 0) is 0 Å². The Morgan fingerprint density at radius 3 is 2.31 bits per heavy atom. The quantitative estimate of drug-likeness (QED) is 0.723. The molecule has 16 heavy (non-hydrogen) atoms. The topological polar surface area (TPSA) is 29.3 Å². The zero-order chi connectivity index (χ0) is 12.0. The van der Waals surface area contributed by atoms with Crippen LogP contribution in [0.15, 0.2) is 0 Å². The Morgan fingerprint density at radius 1 is 1.19 bits per heavy atom. The van der Waals surface area contributed by atoms with Crippen LogP contribution >= 0.6 is 0 Å². The normalized spacial score (nSPS) is 28.5. The van der Waals surface area contributed by atoms with Gasteiger partial charge in [0.1, 0.15) is 0 Å². The highest BCUT2D eigenvalue weighted by molar-refractivity contribution is 4.78. The first-order chi connectivity index (χ1) is 7.67. The van der Waals surface area contributed by atoms with Crippen molar-refractivity contribution in [2.45, 2.75) is 46.5 Å². The molecule has 0 bridgehead atoms. The van der Waals surface area contributed by atoms with E-state index in [4.69, 9.17) is 5.73 Å². The molecule has 0 aromatic carbocycles. The minimum Gasteiger partial charge on any atom is -0.330 e. The van der Waals surface area contributed by atoms with Gasteiger partial charge in [0, 0.05) is 13.1 Å². The van der Waals surface area contributed by atoms with Crippen molar-refractivity contribution in [3.63, 3.8) is 0 Å². The van der Waals surface area contributed by atoms with Crippen LogP contribution in [0.2, 0.25) is 0 Å². The molecule has 1 fully saturated rings. The predicted molar refractivity (Wildman–Crippen MR) is 71.5 cm³/mol. The molecule has 0 aliphatic carbocycles. The summed E-state index contributed by atoms with van der Waals surface area (Å²) < 4.78 is 0. The highest BCUT2D eigenvalue weighted by atomic mass is 15.1. The van der Waals surface area contributed by atoms with E-state index in [0.29, 0.717) is 0 Å². The number of nitrogens with two attached hydrogens (primary N) is 1. The number of hydrogen-bond acceptors (Lipinski definition) is 2. The second-order valence-corrected chi connectivity index (χ2v) is 5.71. The molecule has 0 radical (unpaired) electrons. The van der Waals surface area contributed by atoms with E-state index in [1.807, 2.05) is 0 Å². The van der Waals surface area contributed by atoms with Gasteiger partial charge in [-0.1, -0.05) is 27.2 Å². The van der Waals surface area contributed by atoms with Crippen LogP contribution < -0.4 is 5.73 Å². The van der Waals surface area contributed by atoms with Crippen molar-refractivity contribution in [1.82, 2.24) is 4.90 Å². The average Bonchev–Trinajstić information content (AvgIpc) is 2.57. The largest absolute Gasteiger partial charge is 0.330 e. The van der Waals surface area contributed by atoms with E-state index in [9.17, 15) is 0 Å². The summed E-state index contributed by atoms with van der Waals surface area (Å²) in [6.45, 7) is 11.8. The third-order valence-corrected chi connectivity index (χ3v) is 4.30. The third-order valence-electron chi connectivity index (χ3n) is 4.30. The lowest BCUT2D eigenvalue weighted by atomic mass is 9.97. The Hall–Kier alpha value is -0.0800. The monoisotopic (exact) mass is 226 g/mol. The molecule has 1 rings (SSSR count). The van der Waals surface area contributed by atoms with Crippen molar-refractivity contribution in [2.24, 2.45) is 23.5 Å². The fourth-order valence-corrected chi connectivity index (χ4v) is 2.82. The number of nitrogens with zero attached hydrogens (tertiary/aromatic N) is 1. The summed E-state index contributed by atoms with van der Waals surface area (Å²) in [7, 11) is 0. The molecule has 1 saturated heterocycles. The molecule has 0 saturated carbocycles. The Balaban J connectivity index is 2.11. The molecule has 1 aliphatic heterocycles. The standard InChI is InChI=1S/C14H30N2/c1-4-14(7-8-15)6-5-9-16-10-12(2)13(3)11-16/h12-14H,4-11,15H2,1-3H3. The van der Waals surface area contributed by atoms with Gasteiger partial charge < -0.3 is 10.6 Å². The zero-order valence-electron chi connectivity index (χ0n) is 11.4. The number of rotatable bonds is 7. The van der Waals surface area contributed by atoms with Crippen molar-refractivity contribution in [3.8, 4) is 0 Å². The second kappa shape index (κ2) is 7.29. The van der Waals surface area contributed by atoms with Crippen LogP contribution in [0.1, 0.15) is 46.5 Å². The fourth-order valence-electron chi connectivity index (χ4n) is 2.82. The van der Waals surface area contributed by atoms with Crippen LogP contribution in [-0.4, -0.2) is 31.1 Å². The minimum atomic E-state index is 0.857. The van der Waals surface area contributed by atoms with Crippen LogP contribution in [0.25, 0.3) is 0 Å². The number of likely N-dealkylation sites (tertiary alicyclic amines) is 1. The summed E-state index contributed by atoms with van der Waals surface area (Å²) in [5.41, 5.74) is 5.62. The first kappa shape index (κ1) is 14.0. The SMILES string of the molecule is CCC(CCN)CCCN1CC(C)C(C)C1. The fraction of sp³-hybridized carbons (Fsp3) is 1.00. The predicted octanol–water partition coefficient (Wildman–Crippen LogP) is 2.73. The maximum Gasteiger partial charge on any atom is 0.00102 e. The molecule has 0 aromatic rings. The van der Waals surface area contributed by atoms with Crippen molar-refractivity contribution in [3.05, 3.63) is 0 Å². The van der Waals surface area contributed by atoms with E-state index in [1.165, 1.54) is 45.3 Å². The molecule has 2 N–H and O–H groups in total. The summed E-state index contributed by atoms with van der Waals surface area (Å²) >= 11 is 0. The van der Waals surface area contributed by atoms with Gasteiger partial charge in [-0.2, -0.15) is 0 Å². The average molecular weight is 226 g/mol. The zero-order valence-corrected chi connectivity index (χ0v) is 11.4. The summed E-state index contributed by atoms with van der Waals surface area (Å²) in [5.74, 6) is 2.65. The van der Waals surface area contributed by atoms with E-state index in [-0.39, 0.29) is 0 Å². The highest BCUT2D eigenvalue weighted by Gasteiger charge is 2.25. The van der Waals surface area contributed by atoms with E-state index < -0.39 is 0 Å². The lowest BCUT2D eigenvalue weighted by molar-refractivity contribution is 0.298. The second-order valence-electron chi connectivity index (χ2n) is 5.71. The van der Waals surface area contributed by atoms with Gasteiger partial charge in [0.15, 0.2) is 0 Å². The molecule has 2 nitrogen and oxygen atoms in total. The molecule has 0 amide bonds. The molecule has 0 spiro atoms. The summed E-state index contributed by atoms with van der Waals surface area (Å²) in [4.78, 5) is 2.64. The molecule has 96 valence electrons. The molecule has 3 unspecified atom stereocenters. The number of hydrogen-bond donors (Lipinski definition) is 1. The molecule has 3 atom stereocenters. The maximum absolute atomic E-state index is 5.62. The van der Waals surface area contributed by atoms with Gasteiger partial charge >= 0.3 is 0 Å². The van der Waals surface area contributed by atoms with E-state index in [0.717, 1.165) is 24.3 Å². The first-order valence-corrected chi connectivity index (χ1v) is 7.09. The molecular weight excluding hydrogens is 196 g/mol. The molecular formula is C14H30N2. The van der Waals surface area contributed by atoms with Gasteiger partial charge in [-0.25, -0.2) is 0 Å². The van der Waals surface area contributed by atoms with Gasteiger partial charge in [0.05, 0.1) is 0 Å². The van der Waals surface area contributed by atoms with Crippen molar-refractivity contribution in [1.29, 1.82) is 0 Å². The van der Waals surface area contributed by atoms with Crippen LogP contribution in [0.4, 0.5) is 0 Å². The summed E-state index contributed by atoms with van der Waals surface area (Å²) in [6.07, 6.45) is 5.23. The van der Waals surface area contributed by atoms with Crippen molar-refractivity contribution < 1.29 is 0 Å². The summed E-state index contributed by atoms with van der Waals surface area (Å²) in [5, 5.41) is 0. The Morgan fingerprint density at radius 2 is 1.81 bits per heavy atom. The maximum atomic E-state index is 5.62. The molecule has 2 heteroatoms. The van der Waals surface area contributed by atoms with Crippen molar-refractivity contribution in [2.75, 3.05) is 26.2 Å². The van der Waals surface area contributed by atoms with Gasteiger partial charge in [-0.15, -0.1) is 0 Å². The van der Waals surface area contributed by atoms with Crippen molar-refractivity contribution >= 4 is 0 Å². The molecule has 0 aromatic heterocycles. The van der Waals surface area contributed by atoms with E-state index in [1.54, 1.807) is 0 Å². The van der Waals surface area contributed by atoms with Gasteiger partial charge in [0.2, 0.25) is 0 Å². The smallest absolute Gasteiger partial charge is 0.00102 e. The molecule has 1 aliphatic rings.